The maximum atomic E-state index is 12.3. The van der Waals surface area contributed by atoms with Gasteiger partial charge in [0.15, 0.2) is 0 Å². The first-order valence-corrected chi connectivity index (χ1v) is 17.0. The van der Waals surface area contributed by atoms with Gasteiger partial charge >= 0.3 is 11.4 Å². The second-order valence-electron chi connectivity index (χ2n) is 13.0. The number of H-pyrrole nitrogens is 2. The highest BCUT2D eigenvalue weighted by atomic mass is 16.5. The predicted molar refractivity (Wildman–Crippen MR) is 198 cm³/mol. The Balaban J connectivity index is 0.000000206. The van der Waals surface area contributed by atoms with Gasteiger partial charge in [0.1, 0.15) is 18.1 Å². The number of rotatable bonds is 8. The van der Waals surface area contributed by atoms with Crippen molar-refractivity contribution < 1.29 is 19.7 Å². The Morgan fingerprint density at radius 3 is 1.94 bits per heavy atom. The van der Waals surface area contributed by atoms with Crippen LogP contribution in [0.15, 0.2) is 86.3 Å². The first-order chi connectivity index (χ1) is 25.6. The Bertz CT molecular complexity index is 2430. The minimum Gasteiger partial charge on any atom is -0.394 e. The van der Waals surface area contributed by atoms with Crippen molar-refractivity contribution in [1.82, 2.24) is 34.1 Å². The Kier molecular flexibility index (Phi) is 11.3. The van der Waals surface area contributed by atoms with Crippen molar-refractivity contribution in [3.63, 3.8) is 0 Å². The van der Waals surface area contributed by atoms with E-state index in [1.54, 1.807) is 23.0 Å². The van der Waals surface area contributed by atoms with E-state index in [2.05, 4.69) is 26.2 Å². The third-order valence-corrected chi connectivity index (χ3v) is 9.37. The molecule has 274 valence electrons. The molecule has 6 atom stereocenters. The average Bonchev–Trinajstić information content (AvgIpc) is 3.89. The van der Waals surface area contributed by atoms with Crippen LogP contribution in [0.1, 0.15) is 56.0 Å². The summed E-state index contributed by atoms with van der Waals surface area (Å²) in [5, 5.41) is 29.2. The maximum absolute atomic E-state index is 12.3. The van der Waals surface area contributed by atoms with Crippen molar-refractivity contribution in [3.8, 4) is 18.0 Å². The van der Waals surface area contributed by atoms with E-state index < -0.39 is 35.0 Å². The average molecular weight is 722 g/mol. The SMILES string of the molecule is C#C/C=C/c1cn([C@H]2C[C@@H](C)[C@@H](CO)O2)c(=O)[nH]c1=O.C[C@@H]1C[C@H](n2cc(/C=C/c3cn(-c4cccc5ccccc45)nn3)c(=O)[nH]c2=O)O[C@@H]1CO. The number of benzene rings is 2. The zero-order chi connectivity index (χ0) is 37.6. The largest absolute Gasteiger partial charge is 0.394 e. The number of nitrogens with zero attached hydrogens (tertiary/aromatic N) is 5. The number of aliphatic hydroxyl groups excluding tert-OH is 2. The quantitative estimate of drug-likeness (QED) is 0.173. The second-order valence-corrected chi connectivity index (χ2v) is 13.0. The van der Waals surface area contributed by atoms with Gasteiger partial charge in [0, 0.05) is 17.8 Å². The number of hydrogen-bond acceptors (Lipinski definition) is 10. The number of aromatic nitrogens is 7. The van der Waals surface area contributed by atoms with Gasteiger partial charge in [-0.1, -0.05) is 61.4 Å². The maximum Gasteiger partial charge on any atom is 0.330 e. The minimum atomic E-state index is -0.546. The number of fused-ring (bicyclic) bond motifs is 1. The van der Waals surface area contributed by atoms with E-state index in [-0.39, 0.29) is 48.4 Å². The summed E-state index contributed by atoms with van der Waals surface area (Å²) < 4.78 is 15.8. The van der Waals surface area contributed by atoms with Crippen LogP contribution in [0.4, 0.5) is 0 Å². The van der Waals surface area contributed by atoms with Crippen LogP contribution in [0.5, 0.6) is 0 Å². The summed E-state index contributed by atoms with van der Waals surface area (Å²) in [6.45, 7) is 3.68. The normalized spacial score (nSPS) is 22.7. The smallest absolute Gasteiger partial charge is 0.330 e. The van der Waals surface area contributed by atoms with Crippen molar-refractivity contribution in [2.45, 2.75) is 51.4 Å². The van der Waals surface area contributed by atoms with Crippen molar-refractivity contribution in [3.05, 3.63) is 126 Å². The van der Waals surface area contributed by atoms with Gasteiger partial charge in [0.25, 0.3) is 11.1 Å². The number of terminal acetylenes is 1. The number of nitrogens with one attached hydrogen (secondary N) is 2. The highest BCUT2D eigenvalue weighted by Gasteiger charge is 2.34. The first kappa shape index (κ1) is 36.9. The van der Waals surface area contributed by atoms with Crippen LogP contribution < -0.4 is 22.5 Å². The lowest BCUT2D eigenvalue weighted by Crippen LogP contribution is -2.33. The lowest BCUT2D eigenvalue weighted by atomic mass is 10.0. The monoisotopic (exact) mass is 721 g/mol. The van der Waals surface area contributed by atoms with Gasteiger partial charge in [0.05, 0.1) is 48.4 Å². The van der Waals surface area contributed by atoms with Crippen LogP contribution in [0.3, 0.4) is 0 Å². The molecule has 0 spiro atoms. The zero-order valence-corrected chi connectivity index (χ0v) is 29.0. The van der Waals surface area contributed by atoms with Crippen LogP contribution in [0.2, 0.25) is 0 Å². The topological polar surface area (TPSA) is 199 Å². The number of allylic oxidation sites excluding steroid dienone is 1. The highest BCUT2D eigenvalue weighted by Crippen LogP contribution is 2.33. The molecule has 0 unspecified atom stereocenters. The Labute approximate surface area is 302 Å². The molecule has 2 aromatic carbocycles. The van der Waals surface area contributed by atoms with E-state index in [0.717, 1.165) is 16.5 Å². The number of aliphatic hydroxyl groups is 2. The zero-order valence-electron chi connectivity index (χ0n) is 29.0. The molecule has 15 heteroatoms. The summed E-state index contributed by atoms with van der Waals surface area (Å²) in [6.07, 6.45) is 15.4. The fourth-order valence-corrected chi connectivity index (χ4v) is 6.39. The molecule has 2 aliphatic heterocycles. The molecule has 53 heavy (non-hydrogen) atoms. The molecule has 2 fully saturated rings. The van der Waals surface area contributed by atoms with Crippen molar-refractivity contribution in [1.29, 1.82) is 0 Å². The van der Waals surface area contributed by atoms with Gasteiger partial charge in [0.2, 0.25) is 0 Å². The highest BCUT2D eigenvalue weighted by molar-refractivity contribution is 5.90. The fourth-order valence-electron chi connectivity index (χ4n) is 6.39. The third-order valence-electron chi connectivity index (χ3n) is 9.37. The molecule has 0 aliphatic carbocycles. The molecule has 4 N–H and O–H groups in total. The number of ether oxygens (including phenoxy) is 2. The molecule has 0 bridgehead atoms. The van der Waals surface area contributed by atoms with E-state index in [0.29, 0.717) is 18.5 Å². The lowest BCUT2D eigenvalue weighted by Gasteiger charge is -2.15. The van der Waals surface area contributed by atoms with Crippen LogP contribution in [-0.2, 0) is 9.47 Å². The van der Waals surface area contributed by atoms with Crippen LogP contribution >= 0.6 is 0 Å². The summed E-state index contributed by atoms with van der Waals surface area (Å²) in [6, 6.07) is 14.0. The molecule has 0 saturated carbocycles. The summed E-state index contributed by atoms with van der Waals surface area (Å²) in [5.74, 6) is 2.52. The fraction of sp³-hybridized carbons (Fsp3) is 0.316. The molecule has 0 radical (unpaired) electrons. The van der Waals surface area contributed by atoms with Crippen molar-refractivity contribution in [2.24, 2.45) is 11.8 Å². The van der Waals surface area contributed by atoms with Crippen LogP contribution in [0.25, 0.3) is 34.7 Å². The lowest BCUT2D eigenvalue weighted by molar-refractivity contribution is -0.0313. The number of aromatic amines is 2. The van der Waals surface area contributed by atoms with E-state index in [1.807, 2.05) is 56.3 Å². The van der Waals surface area contributed by atoms with Gasteiger partial charge in [-0.05, 0) is 60.4 Å². The van der Waals surface area contributed by atoms with Gasteiger partial charge < -0.3 is 19.7 Å². The molecule has 5 heterocycles. The van der Waals surface area contributed by atoms with E-state index in [9.17, 15) is 29.4 Å². The van der Waals surface area contributed by atoms with Gasteiger partial charge in [-0.15, -0.1) is 11.5 Å². The van der Waals surface area contributed by atoms with E-state index in [1.165, 1.54) is 33.7 Å². The molecule has 2 saturated heterocycles. The van der Waals surface area contributed by atoms with Crippen molar-refractivity contribution >= 4 is 29.0 Å². The molecule has 3 aromatic heterocycles. The summed E-state index contributed by atoms with van der Waals surface area (Å²) in [7, 11) is 0. The molecule has 15 nitrogen and oxygen atoms in total. The van der Waals surface area contributed by atoms with Gasteiger partial charge in [-0.3, -0.25) is 28.7 Å². The second kappa shape index (κ2) is 16.2. The minimum absolute atomic E-state index is 0.0976. The first-order valence-electron chi connectivity index (χ1n) is 17.0. The predicted octanol–water partition coefficient (Wildman–Crippen LogP) is 2.46. The summed E-state index contributed by atoms with van der Waals surface area (Å²) >= 11 is 0. The van der Waals surface area contributed by atoms with Crippen LogP contribution in [0, 0.1) is 24.2 Å². The van der Waals surface area contributed by atoms with Gasteiger partial charge in [-0.2, -0.15) is 0 Å². The van der Waals surface area contributed by atoms with Gasteiger partial charge in [-0.25, -0.2) is 14.3 Å². The summed E-state index contributed by atoms with van der Waals surface area (Å²) in [4.78, 5) is 52.7. The molecule has 5 aromatic rings. The standard InChI is InChI=1S/C24H23N5O4.C14H16N2O4/c1-15-11-22(33-21(15)14-30)28-12-17(23(31)25-24(28)32)9-10-18-13-29(27-26-18)20-8-4-6-16-5-2-3-7-19(16)20;1-3-4-5-10-7-16(14(19)15-13(10)18)12-6-9(2)11(8-17)20-12/h2-10,12-13,15,21-22,30H,11,14H2,1H3,(H,25,31,32);1,4-5,7,9,11-12,17H,6,8H2,2H3,(H,15,18,19)/b10-9+;5-4+/t15-,21-,22-;9-,11-,12-/m11/s1. The van der Waals surface area contributed by atoms with E-state index in [4.69, 9.17) is 15.9 Å². The third kappa shape index (κ3) is 8.11. The van der Waals surface area contributed by atoms with Crippen LogP contribution in [-0.4, -0.2) is 69.7 Å². The molecule has 2 aliphatic rings. The van der Waals surface area contributed by atoms with Crippen molar-refractivity contribution in [2.75, 3.05) is 13.2 Å². The Morgan fingerprint density at radius 1 is 0.811 bits per heavy atom. The molecular formula is C38H39N7O8. The Hall–Kier alpha value is -5.92. The Morgan fingerprint density at radius 2 is 1.38 bits per heavy atom. The summed E-state index contributed by atoms with van der Waals surface area (Å²) in [5.41, 5.74) is -0.0484. The molecular weight excluding hydrogens is 682 g/mol. The molecule has 0 amide bonds. The molecule has 7 rings (SSSR count). The number of hydrogen-bond donors (Lipinski definition) is 4. The van der Waals surface area contributed by atoms with E-state index >= 15 is 0 Å².